The number of hydrogen-bond donors (Lipinski definition) is 2. The number of rotatable bonds is 1. The molecule has 0 aromatic rings. The Morgan fingerprint density at radius 2 is 2.06 bits per heavy atom. The van der Waals surface area contributed by atoms with E-state index in [1.807, 2.05) is 4.90 Å². The maximum absolute atomic E-state index is 12.2. The van der Waals surface area contributed by atoms with E-state index in [1.165, 1.54) is 6.42 Å². The highest BCUT2D eigenvalue weighted by Gasteiger charge is 2.29. The zero-order chi connectivity index (χ0) is 11.5. The normalized spacial score (nSPS) is 36.1. The predicted octanol–water partition coefficient (Wildman–Crippen LogP) is 0.195. The van der Waals surface area contributed by atoms with Crippen LogP contribution >= 0.6 is 0 Å². The lowest BCUT2D eigenvalue weighted by Gasteiger charge is -2.36. The highest BCUT2D eigenvalue weighted by atomic mass is 16.2. The van der Waals surface area contributed by atoms with Crippen LogP contribution < -0.4 is 10.6 Å². The van der Waals surface area contributed by atoms with E-state index in [4.69, 9.17) is 0 Å². The standard InChI is InChI=1S/C12H23N3O/c1-9-4-3-5-15(8-9)12(16)11-7-13-10(2)6-14-11/h9-11,13-14H,3-8H2,1-2H3. The van der Waals surface area contributed by atoms with Gasteiger partial charge in [-0.2, -0.15) is 0 Å². The monoisotopic (exact) mass is 225 g/mol. The first-order chi connectivity index (χ1) is 7.66. The van der Waals surface area contributed by atoms with Gasteiger partial charge in [0.2, 0.25) is 5.91 Å². The van der Waals surface area contributed by atoms with Crippen LogP contribution in [0.2, 0.25) is 0 Å². The summed E-state index contributed by atoms with van der Waals surface area (Å²) in [4.78, 5) is 14.3. The van der Waals surface area contributed by atoms with E-state index in [9.17, 15) is 4.79 Å². The molecule has 0 aromatic heterocycles. The minimum absolute atomic E-state index is 0.0125. The van der Waals surface area contributed by atoms with Crippen LogP contribution in [0.15, 0.2) is 0 Å². The lowest BCUT2D eigenvalue weighted by molar-refractivity contribution is -0.135. The van der Waals surface area contributed by atoms with Gasteiger partial charge in [0.1, 0.15) is 0 Å². The fourth-order valence-electron chi connectivity index (χ4n) is 2.57. The second-order valence-electron chi connectivity index (χ2n) is 5.30. The van der Waals surface area contributed by atoms with E-state index >= 15 is 0 Å². The summed E-state index contributed by atoms with van der Waals surface area (Å²) in [6.07, 6.45) is 2.42. The Bertz CT molecular complexity index is 249. The van der Waals surface area contributed by atoms with Crippen molar-refractivity contribution < 1.29 is 4.79 Å². The number of nitrogens with zero attached hydrogens (tertiary/aromatic N) is 1. The summed E-state index contributed by atoms with van der Waals surface area (Å²) in [6, 6.07) is 0.464. The Morgan fingerprint density at radius 3 is 2.69 bits per heavy atom. The van der Waals surface area contributed by atoms with Crippen LogP contribution in [0.3, 0.4) is 0 Å². The molecule has 2 fully saturated rings. The maximum atomic E-state index is 12.2. The quantitative estimate of drug-likeness (QED) is 0.670. The second-order valence-corrected chi connectivity index (χ2v) is 5.30. The number of nitrogens with one attached hydrogen (secondary N) is 2. The number of carbonyl (C=O) groups is 1. The number of likely N-dealkylation sites (tertiary alicyclic amines) is 1. The topological polar surface area (TPSA) is 44.4 Å². The summed E-state index contributed by atoms with van der Waals surface area (Å²) in [6.45, 7) is 7.90. The molecule has 0 aliphatic carbocycles. The van der Waals surface area contributed by atoms with Crippen molar-refractivity contribution in [2.45, 2.75) is 38.8 Å². The molecule has 2 rings (SSSR count). The lowest BCUT2D eigenvalue weighted by atomic mass is 9.99. The molecule has 0 spiro atoms. The largest absolute Gasteiger partial charge is 0.341 e. The van der Waals surface area contributed by atoms with Gasteiger partial charge in [0.25, 0.3) is 0 Å². The molecule has 92 valence electrons. The van der Waals surface area contributed by atoms with Crippen molar-refractivity contribution in [3.05, 3.63) is 0 Å². The van der Waals surface area contributed by atoms with Crippen molar-refractivity contribution in [1.29, 1.82) is 0 Å². The minimum atomic E-state index is -0.0125. The molecule has 2 aliphatic heterocycles. The summed E-state index contributed by atoms with van der Waals surface area (Å²) in [5.41, 5.74) is 0. The van der Waals surface area contributed by atoms with Gasteiger partial charge in [-0.25, -0.2) is 0 Å². The van der Waals surface area contributed by atoms with E-state index in [-0.39, 0.29) is 11.9 Å². The average molecular weight is 225 g/mol. The highest BCUT2D eigenvalue weighted by molar-refractivity contribution is 5.82. The fraction of sp³-hybridized carbons (Fsp3) is 0.917. The molecule has 2 aliphatic rings. The smallest absolute Gasteiger partial charge is 0.241 e. The minimum Gasteiger partial charge on any atom is -0.341 e. The van der Waals surface area contributed by atoms with Crippen LogP contribution in [0.4, 0.5) is 0 Å². The van der Waals surface area contributed by atoms with Gasteiger partial charge >= 0.3 is 0 Å². The predicted molar refractivity (Wildman–Crippen MR) is 64.2 cm³/mol. The van der Waals surface area contributed by atoms with Gasteiger partial charge in [-0.15, -0.1) is 0 Å². The first-order valence-corrected chi connectivity index (χ1v) is 6.42. The third kappa shape index (κ3) is 2.74. The molecule has 4 nitrogen and oxygen atoms in total. The van der Waals surface area contributed by atoms with Crippen molar-refractivity contribution in [1.82, 2.24) is 15.5 Å². The van der Waals surface area contributed by atoms with E-state index in [0.717, 1.165) is 32.6 Å². The molecule has 0 radical (unpaired) electrons. The van der Waals surface area contributed by atoms with Gasteiger partial charge in [0, 0.05) is 32.2 Å². The van der Waals surface area contributed by atoms with Gasteiger partial charge in [-0.1, -0.05) is 6.92 Å². The lowest BCUT2D eigenvalue weighted by Crippen LogP contribution is -2.60. The van der Waals surface area contributed by atoms with Crippen molar-refractivity contribution in [2.75, 3.05) is 26.2 Å². The SMILES string of the molecule is CC1CCCN(C(=O)C2CNC(C)CN2)C1. The van der Waals surface area contributed by atoms with Gasteiger partial charge in [-0.3, -0.25) is 4.79 Å². The Labute approximate surface area is 97.8 Å². The molecular formula is C12H23N3O. The first-order valence-electron chi connectivity index (χ1n) is 6.42. The van der Waals surface area contributed by atoms with Crippen LogP contribution in [-0.2, 0) is 4.79 Å². The Hall–Kier alpha value is -0.610. The molecule has 2 N–H and O–H groups in total. The third-order valence-corrected chi connectivity index (χ3v) is 3.61. The molecule has 2 heterocycles. The van der Waals surface area contributed by atoms with Crippen molar-refractivity contribution in [3.8, 4) is 0 Å². The Morgan fingerprint density at radius 1 is 1.25 bits per heavy atom. The third-order valence-electron chi connectivity index (χ3n) is 3.61. The van der Waals surface area contributed by atoms with Crippen LogP contribution in [0.5, 0.6) is 0 Å². The average Bonchev–Trinajstić information content (AvgIpc) is 2.29. The number of piperazine rings is 1. The van der Waals surface area contributed by atoms with Crippen LogP contribution in [0, 0.1) is 5.92 Å². The van der Waals surface area contributed by atoms with E-state index < -0.39 is 0 Å². The maximum Gasteiger partial charge on any atom is 0.241 e. The zero-order valence-corrected chi connectivity index (χ0v) is 10.3. The van der Waals surface area contributed by atoms with Crippen molar-refractivity contribution in [3.63, 3.8) is 0 Å². The fourth-order valence-corrected chi connectivity index (χ4v) is 2.57. The number of piperidine rings is 1. The molecule has 3 atom stereocenters. The number of carbonyl (C=O) groups excluding carboxylic acids is 1. The molecule has 4 heteroatoms. The summed E-state index contributed by atoms with van der Waals surface area (Å²) in [5.74, 6) is 0.944. The van der Waals surface area contributed by atoms with Crippen molar-refractivity contribution in [2.24, 2.45) is 5.92 Å². The van der Waals surface area contributed by atoms with Gasteiger partial charge in [0.05, 0.1) is 6.04 Å². The molecule has 16 heavy (non-hydrogen) atoms. The van der Waals surface area contributed by atoms with E-state index in [2.05, 4.69) is 24.5 Å². The first kappa shape index (κ1) is 11.9. The number of hydrogen-bond acceptors (Lipinski definition) is 3. The molecule has 0 saturated carbocycles. The number of amides is 1. The molecule has 2 saturated heterocycles. The summed E-state index contributed by atoms with van der Waals surface area (Å²) < 4.78 is 0. The Balaban J connectivity index is 1.86. The van der Waals surface area contributed by atoms with Crippen molar-refractivity contribution >= 4 is 5.91 Å². The van der Waals surface area contributed by atoms with Gasteiger partial charge < -0.3 is 15.5 Å². The summed E-state index contributed by atoms with van der Waals surface area (Å²) in [7, 11) is 0. The highest BCUT2D eigenvalue weighted by Crippen LogP contribution is 2.16. The van der Waals surface area contributed by atoms with E-state index in [1.54, 1.807) is 0 Å². The molecule has 1 amide bonds. The van der Waals surface area contributed by atoms with Crippen LogP contribution in [-0.4, -0.2) is 49.1 Å². The molecule has 0 bridgehead atoms. The second kappa shape index (κ2) is 5.15. The summed E-state index contributed by atoms with van der Waals surface area (Å²) in [5, 5.41) is 6.68. The Kier molecular flexibility index (Phi) is 3.82. The van der Waals surface area contributed by atoms with Gasteiger partial charge in [-0.05, 0) is 25.7 Å². The molecule has 3 unspecified atom stereocenters. The zero-order valence-electron chi connectivity index (χ0n) is 10.3. The van der Waals surface area contributed by atoms with Crippen LogP contribution in [0.1, 0.15) is 26.7 Å². The molecule has 0 aromatic carbocycles. The van der Waals surface area contributed by atoms with Crippen LogP contribution in [0.25, 0.3) is 0 Å². The van der Waals surface area contributed by atoms with Gasteiger partial charge in [0.15, 0.2) is 0 Å². The summed E-state index contributed by atoms with van der Waals surface area (Å²) >= 11 is 0. The molecular weight excluding hydrogens is 202 g/mol. The van der Waals surface area contributed by atoms with E-state index in [0.29, 0.717) is 12.0 Å².